The van der Waals surface area contributed by atoms with Gasteiger partial charge < -0.3 is 19.1 Å². The van der Waals surface area contributed by atoms with Gasteiger partial charge in [0.05, 0.1) is 25.2 Å². The molecular formula is C21H25BrN2O6S. The van der Waals surface area contributed by atoms with Crippen LogP contribution in [0.1, 0.15) is 21.5 Å². The summed E-state index contributed by atoms with van der Waals surface area (Å²) in [6, 6.07) is 8.63. The molecule has 0 aliphatic carbocycles. The summed E-state index contributed by atoms with van der Waals surface area (Å²) in [6.45, 7) is 3.18. The molecule has 0 radical (unpaired) electrons. The van der Waals surface area contributed by atoms with Crippen molar-refractivity contribution in [2.75, 3.05) is 49.5 Å². The Labute approximate surface area is 190 Å². The van der Waals surface area contributed by atoms with Crippen LogP contribution >= 0.6 is 15.9 Å². The fourth-order valence-corrected chi connectivity index (χ4v) is 4.30. The molecule has 2 aromatic rings. The van der Waals surface area contributed by atoms with Crippen molar-refractivity contribution in [1.29, 1.82) is 0 Å². The topological polar surface area (TPSA) is 94.2 Å². The third kappa shape index (κ3) is 5.76. The first kappa shape index (κ1) is 23.5. The molecule has 1 amide bonds. The van der Waals surface area contributed by atoms with Crippen molar-refractivity contribution in [3.8, 4) is 5.75 Å². The molecule has 8 nitrogen and oxygen atoms in total. The third-order valence-corrected chi connectivity index (χ3v) is 6.34. The lowest BCUT2D eigenvalue weighted by Crippen LogP contribution is -2.38. The van der Waals surface area contributed by atoms with Crippen molar-refractivity contribution in [2.45, 2.75) is 13.3 Å². The lowest BCUT2D eigenvalue weighted by atomic mass is 9.94. The van der Waals surface area contributed by atoms with Gasteiger partial charge in [0, 0.05) is 29.4 Å². The molecule has 0 aromatic heterocycles. The number of nitrogens with zero attached hydrogens (tertiary/aromatic N) is 1. The first-order valence-corrected chi connectivity index (χ1v) is 12.3. The van der Waals surface area contributed by atoms with E-state index in [-0.39, 0.29) is 18.4 Å². The number of hydrogen-bond acceptors (Lipinski definition) is 6. The van der Waals surface area contributed by atoms with E-state index in [1.165, 1.54) is 0 Å². The molecule has 1 N–H and O–H groups in total. The fourth-order valence-electron chi connectivity index (χ4n) is 3.37. The highest BCUT2D eigenvalue weighted by molar-refractivity contribution is 9.10. The molecule has 3 rings (SSSR count). The van der Waals surface area contributed by atoms with Crippen LogP contribution in [0.4, 0.5) is 11.4 Å². The number of nitrogens with one attached hydrogen (secondary N) is 1. The first-order valence-electron chi connectivity index (χ1n) is 9.62. The van der Waals surface area contributed by atoms with Crippen LogP contribution < -0.4 is 14.4 Å². The molecule has 0 saturated carbocycles. The van der Waals surface area contributed by atoms with Gasteiger partial charge in [-0.25, -0.2) is 8.42 Å². The van der Waals surface area contributed by atoms with E-state index in [1.807, 2.05) is 19.1 Å². The number of sulfonamides is 1. The largest absolute Gasteiger partial charge is 0.465 e. The molecule has 0 unspecified atom stereocenters. The number of hydrogen-bond donors (Lipinski definition) is 1. The zero-order valence-electron chi connectivity index (χ0n) is 17.6. The van der Waals surface area contributed by atoms with Crippen molar-refractivity contribution in [3.05, 3.63) is 51.5 Å². The van der Waals surface area contributed by atoms with Crippen molar-refractivity contribution in [1.82, 2.24) is 0 Å². The van der Waals surface area contributed by atoms with Gasteiger partial charge in [-0.05, 0) is 54.8 Å². The number of halogens is 1. The lowest BCUT2D eigenvalue weighted by Gasteiger charge is -2.30. The van der Waals surface area contributed by atoms with Crippen molar-refractivity contribution in [3.63, 3.8) is 0 Å². The number of amides is 1. The van der Waals surface area contributed by atoms with Crippen LogP contribution in [-0.4, -0.2) is 54.2 Å². The minimum absolute atomic E-state index is 0.0642. The molecule has 0 fully saturated rings. The van der Waals surface area contributed by atoms with Crippen LogP contribution in [0.5, 0.6) is 5.75 Å². The number of carbonyl (C=O) groups excluding carboxylic acids is 1. The zero-order valence-corrected chi connectivity index (χ0v) is 20.0. The van der Waals surface area contributed by atoms with Gasteiger partial charge in [-0.3, -0.25) is 9.52 Å². The van der Waals surface area contributed by atoms with Gasteiger partial charge >= 0.3 is 0 Å². The van der Waals surface area contributed by atoms with Gasteiger partial charge in [0.15, 0.2) is 6.79 Å². The highest BCUT2D eigenvalue weighted by atomic mass is 79.9. The van der Waals surface area contributed by atoms with Gasteiger partial charge in [-0.15, -0.1) is 0 Å². The Hall–Kier alpha value is -2.14. The van der Waals surface area contributed by atoms with Crippen LogP contribution in [0.3, 0.4) is 0 Å². The van der Waals surface area contributed by atoms with Crippen molar-refractivity contribution < 1.29 is 27.4 Å². The summed E-state index contributed by atoms with van der Waals surface area (Å²) in [7, 11) is -1.99. The van der Waals surface area contributed by atoms with E-state index < -0.39 is 10.0 Å². The quantitative estimate of drug-likeness (QED) is 0.409. The van der Waals surface area contributed by atoms with Gasteiger partial charge in [0.2, 0.25) is 10.0 Å². The number of benzene rings is 2. The molecule has 168 valence electrons. The maximum absolute atomic E-state index is 13.1. The lowest BCUT2D eigenvalue weighted by molar-refractivity contribution is -0.00813. The van der Waals surface area contributed by atoms with E-state index in [9.17, 15) is 13.2 Å². The summed E-state index contributed by atoms with van der Waals surface area (Å²) in [5, 5.41) is 0. The minimum atomic E-state index is -3.56. The number of rotatable bonds is 9. The van der Waals surface area contributed by atoms with E-state index >= 15 is 0 Å². The monoisotopic (exact) mass is 512 g/mol. The second-order valence-corrected chi connectivity index (χ2v) is 9.73. The Balaban J connectivity index is 1.86. The number of anilines is 2. The predicted octanol–water partition coefficient (Wildman–Crippen LogP) is 3.33. The summed E-state index contributed by atoms with van der Waals surface area (Å²) in [5.41, 5.74) is 3.55. The number of carbonyl (C=O) groups is 1. The molecule has 0 saturated heterocycles. The van der Waals surface area contributed by atoms with E-state index in [0.717, 1.165) is 21.9 Å². The third-order valence-electron chi connectivity index (χ3n) is 4.89. The van der Waals surface area contributed by atoms with Gasteiger partial charge in [0.1, 0.15) is 5.75 Å². The number of ether oxygens (including phenoxy) is 3. The summed E-state index contributed by atoms with van der Waals surface area (Å²) in [4.78, 5) is 14.8. The molecule has 1 aliphatic rings. The highest BCUT2D eigenvalue weighted by Crippen LogP contribution is 2.34. The van der Waals surface area contributed by atoms with Crippen LogP contribution in [0, 0.1) is 6.92 Å². The summed E-state index contributed by atoms with van der Waals surface area (Å²) in [6.07, 6.45) is 1.76. The predicted molar refractivity (Wildman–Crippen MR) is 122 cm³/mol. The van der Waals surface area contributed by atoms with Crippen LogP contribution in [0.25, 0.3) is 0 Å². The molecule has 0 spiro atoms. The molecular weight excluding hydrogens is 488 g/mol. The average Bonchev–Trinajstić information content (AvgIpc) is 2.71. The molecule has 31 heavy (non-hydrogen) atoms. The average molecular weight is 513 g/mol. The van der Waals surface area contributed by atoms with Crippen LogP contribution in [-0.2, 0) is 25.9 Å². The Morgan fingerprint density at radius 3 is 2.68 bits per heavy atom. The maximum atomic E-state index is 13.1. The molecule has 1 heterocycles. The second-order valence-electron chi connectivity index (χ2n) is 7.12. The summed E-state index contributed by atoms with van der Waals surface area (Å²) < 4.78 is 42.9. The normalized spacial score (nSPS) is 13.8. The van der Waals surface area contributed by atoms with E-state index in [0.29, 0.717) is 43.2 Å². The standard InChI is InChI=1S/C21H25BrN2O6S/c1-14-16-8-9-24(21(25)17(16)5-6-18(14)22)15-4-7-20(30-13-29-11-10-28-2)19(12-15)23-31(3,26)27/h4-7,12,23H,8-11,13H2,1-3H3. The first-order chi connectivity index (χ1) is 14.7. The van der Waals surface area contributed by atoms with Crippen molar-refractivity contribution in [2.24, 2.45) is 0 Å². The Morgan fingerprint density at radius 2 is 1.97 bits per heavy atom. The number of methoxy groups -OCH3 is 1. The zero-order chi connectivity index (χ0) is 22.6. The molecule has 10 heteroatoms. The Kier molecular flexibility index (Phi) is 7.58. The van der Waals surface area contributed by atoms with Gasteiger partial charge in [0.25, 0.3) is 5.91 Å². The van der Waals surface area contributed by atoms with E-state index in [2.05, 4.69) is 20.7 Å². The fraction of sp³-hybridized carbons (Fsp3) is 0.381. The molecule has 0 atom stereocenters. The van der Waals surface area contributed by atoms with Crippen LogP contribution in [0.15, 0.2) is 34.8 Å². The molecule has 2 aromatic carbocycles. The smallest absolute Gasteiger partial charge is 0.258 e. The minimum Gasteiger partial charge on any atom is -0.465 e. The van der Waals surface area contributed by atoms with Gasteiger partial charge in [-0.1, -0.05) is 15.9 Å². The van der Waals surface area contributed by atoms with Gasteiger partial charge in [-0.2, -0.15) is 0 Å². The maximum Gasteiger partial charge on any atom is 0.258 e. The highest BCUT2D eigenvalue weighted by Gasteiger charge is 2.28. The number of fused-ring (bicyclic) bond motifs is 1. The summed E-state index contributed by atoms with van der Waals surface area (Å²) >= 11 is 3.51. The Bertz CT molecular complexity index is 1070. The SMILES string of the molecule is COCCOCOc1ccc(N2CCc3c(ccc(Br)c3C)C2=O)cc1NS(C)(=O)=O. The van der Waals surface area contributed by atoms with E-state index in [1.54, 1.807) is 30.2 Å². The molecule has 0 bridgehead atoms. The van der Waals surface area contributed by atoms with E-state index in [4.69, 9.17) is 14.2 Å². The second kappa shape index (κ2) is 9.99. The van der Waals surface area contributed by atoms with Crippen molar-refractivity contribution >= 4 is 43.2 Å². The van der Waals surface area contributed by atoms with Crippen LogP contribution in [0.2, 0.25) is 0 Å². The molecule has 1 aliphatic heterocycles. The summed E-state index contributed by atoms with van der Waals surface area (Å²) in [5.74, 6) is 0.176. The Morgan fingerprint density at radius 1 is 1.19 bits per heavy atom.